The zero-order chi connectivity index (χ0) is 9.14. The lowest BCUT2D eigenvalue weighted by molar-refractivity contribution is 0.0498. The summed E-state index contributed by atoms with van der Waals surface area (Å²) in [6.07, 6.45) is 0. The van der Waals surface area contributed by atoms with Crippen LogP contribution in [0, 0.1) is 0 Å². The molecule has 1 rings (SSSR count). The molecule has 0 aromatic carbocycles. The van der Waals surface area contributed by atoms with Crippen molar-refractivity contribution in [3.8, 4) is 0 Å². The third-order valence-electron chi connectivity index (χ3n) is 1.30. The van der Waals surface area contributed by atoms with Gasteiger partial charge in [-0.1, -0.05) is 11.6 Å². The second-order valence-corrected chi connectivity index (χ2v) is 2.50. The van der Waals surface area contributed by atoms with Gasteiger partial charge in [0.1, 0.15) is 5.03 Å². The lowest BCUT2D eigenvalue weighted by Crippen LogP contribution is -2.10. The Morgan fingerprint density at radius 1 is 1.83 bits per heavy atom. The van der Waals surface area contributed by atoms with Crippen molar-refractivity contribution in [2.45, 2.75) is 6.92 Å². The highest BCUT2D eigenvalue weighted by molar-refractivity contribution is 6.36. The molecule has 12 heavy (non-hydrogen) atoms. The van der Waals surface area contributed by atoms with Gasteiger partial charge in [-0.15, -0.1) is 5.10 Å². The highest BCUT2D eigenvalue weighted by atomic mass is 35.5. The van der Waals surface area contributed by atoms with E-state index in [-0.39, 0.29) is 10.7 Å². The molecular weight excluding hydrogens is 180 g/mol. The summed E-state index contributed by atoms with van der Waals surface area (Å²) in [6, 6.07) is 0. The van der Waals surface area contributed by atoms with E-state index in [1.54, 1.807) is 14.0 Å². The van der Waals surface area contributed by atoms with Gasteiger partial charge in [0.25, 0.3) is 0 Å². The zero-order valence-corrected chi connectivity index (χ0v) is 7.55. The predicted octanol–water partition coefficient (Wildman–Crippen LogP) is 1.28. The van der Waals surface area contributed by atoms with Gasteiger partial charge >= 0.3 is 5.95 Å². The van der Waals surface area contributed by atoms with E-state index < -0.39 is 5.95 Å². The minimum Gasteiger partial charge on any atom is -0.461 e. The van der Waals surface area contributed by atoms with Gasteiger partial charge in [0, 0.05) is 12.9 Å². The Labute approximate surface area is 75.4 Å². The van der Waals surface area contributed by atoms with Crippen LogP contribution >= 0.6 is 11.6 Å². The van der Waals surface area contributed by atoms with E-state index in [1.807, 2.05) is 0 Å². The molecule has 0 saturated carbocycles. The Balaban J connectivity index is 2.88. The van der Waals surface area contributed by atoms with Crippen LogP contribution in [0.2, 0.25) is 0 Å². The van der Waals surface area contributed by atoms with Gasteiger partial charge in [-0.3, -0.25) is 5.01 Å². The molecule has 0 fully saturated rings. The van der Waals surface area contributed by atoms with Crippen LogP contribution in [0.25, 0.3) is 0 Å². The highest BCUT2D eigenvalue weighted by Gasteiger charge is 2.21. The summed E-state index contributed by atoms with van der Waals surface area (Å²) < 4.78 is 4.74. The number of allylic oxidation sites excluding steroid dienone is 1. The Morgan fingerprint density at radius 3 is 2.92 bits per heavy atom. The molecule has 0 aromatic heterocycles. The van der Waals surface area contributed by atoms with E-state index in [0.717, 1.165) is 0 Å². The van der Waals surface area contributed by atoms with Crippen LogP contribution in [0.3, 0.4) is 0 Å². The van der Waals surface area contributed by atoms with Crippen molar-refractivity contribution < 1.29 is 9.84 Å². The minimum atomic E-state index is -0.473. The molecule has 0 bridgehead atoms. The molecule has 0 amide bonds. The van der Waals surface area contributed by atoms with Gasteiger partial charge in [0.05, 0.1) is 6.61 Å². The van der Waals surface area contributed by atoms with E-state index in [4.69, 9.17) is 16.3 Å². The summed E-state index contributed by atoms with van der Waals surface area (Å²) in [5.41, 5.74) is 0.235. The lowest BCUT2D eigenvalue weighted by Gasteiger charge is -2.09. The van der Waals surface area contributed by atoms with E-state index in [9.17, 15) is 5.11 Å². The first-order chi connectivity index (χ1) is 5.66. The number of hydrogen-bond donors (Lipinski definition) is 0. The fourth-order valence-corrected chi connectivity index (χ4v) is 1.02. The molecule has 1 aliphatic heterocycles. The summed E-state index contributed by atoms with van der Waals surface area (Å²) in [5.74, 6) is 1.98. The maximum Gasteiger partial charge on any atom is 0.358 e. The van der Waals surface area contributed by atoms with Crippen LogP contribution in [-0.4, -0.2) is 24.5 Å². The maximum atomic E-state index is 11.2. The largest absolute Gasteiger partial charge is 0.461 e. The molecule has 0 aliphatic carbocycles. The molecule has 1 aliphatic rings. The van der Waals surface area contributed by atoms with E-state index in [1.165, 1.54) is 5.01 Å². The number of hydrogen-bond acceptors (Lipinski definition) is 3. The fourth-order valence-electron chi connectivity index (χ4n) is 0.785. The van der Waals surface area contributed by atoms with Crippen molar-refractivity contribution in [3.05, 3.63) is 16.7 Å². The topological polar surface area (TPSA) is 44.7 Å². The van der Waals surface area contributed by atoms with Crippen molar-refractivity contribution in [1.29, 1.82) is 0 Å². The van der Waals surface area contributed by atoms with Gasteiger partial charge < -0.3 is 4.74 Å². The SMILES string of the molecule is CCOC([O])=C1C(Cl)=C=NN1C. The summed E-state index contributed by atoms with van der Waals surface area (Å²) in [7, 11) is 1.61. The molecule has 65 valence electrons. The molecular formula is C7H8ClN2O2. The van der Waals surface area contributed by atoms with Crippen molar-refractivity contribution in [3.63, 3.8) is 0 Å². The Bertz CT molecular complexity index is 279. The van der Waals surface area contributed by atoms with Crippen molar-refractivity contribution in [2.75, 3.05) is 13.7 Å². The zero-order valence-electron chi connectivity index (χ0n) is 6.80. The number of ether oxygens (including phenoxy) is 1. The molecule has 1 heterocycles. The van der Waals surface area contributed by atoms with Gasteiger partial charge in [0.2, 0.25) is 0 Å². The predicted molar refractivity (Wildman–Crippen MR) is 43.9 cm³/mol. The molecule has 0 spiro atoms. The molecule has 0 N–H and O–H groups in total. The number of hydrazone groups is 1. The van der Waals surface area contributed by atoms with Crippen LogP contribution in [0.5, 0.6) is 0 Å². The number of halogens is 1. The number of likely N-dealkylation sites (N-methyl/N-ethyl adjacent to an activating group) is 1. The monoisotopic (exact) mass is 187 g/mol. The third-order valence-corrected chi connectivity index (χ3v) is 1.56. The second-order valence-electron chi connectivity index (χ2n) is 2.12. The van der Waals surface area contributed by atoms with Crippen LogP contribution in [0.1, 0.15) is 6.92 Å². The molecule has 0 atom stereocenters. The average molecular weight is 188 g/mol. The highest BCUT2D eigenvalue weighted by Crippen LogP contribution is 2.23. The molecule has 5 heteroatoms. The Morgan fingerprint density at radius 2 is 2.50 bits per heavy atom. The van der Waals surface area contributed by atoms with Crippen LogP contribution < -0.4 is 0 Å². The maximum absolute atomic E-state index is 11.2. The van der Waals surface area contributed by atoms with Crippen LogP contribution in [-0.2, 0) is 9.84 Å². The summed E-state index contributed by atoms with van der Waals surface area (Å²) in [6.45, 7) is 2.05. The summed E-state index contributed by atoms with van der Waals surface area (Å²) >= 11 is 5.64. The Hall–Kier alpha value is -1.12. The van der Waals surface area contributed by atoms with Crippen molar-refractivity contribution >= 4 is 17.5 Å². The fraction of sp³-hybridized carbons (Fsp3) is 0.429. The van der Waals surface area contributed by atoms with Crippen molar-refractivity contribution in [2.24, 2.45) is 5.10 Å². The standard InChI is InChI=1S/C7H8ClN2O2/c1-3-12-7(11)6-5(8)4-9-10(6)2/h3H2,1-2H3. The van der Waals surface area contributed by atoms with Crippen LogP contribution in [0.4, 0.5) is 0 Å². The number of rotatable bonds is 2. The molecule has 0 saturated heterocycles. The molecule has 0 aromatic rings. The van der Waals surface area contributed by atoms with Crippen LogP contribution in [0.15, 0.2) is 21.8 Å². The third kappa shape index (κ3) is 1.55. The lowest BCUT2D eigenvalue weighted by atomic mass is 10.4. The Kier molecular flexibility index (Phi) is 2.63. The molecule has 1 radical (unpaired) electrons. The normalized spacial score (nSPS) is 19.6. The first-order valence-electron chi connectivity index (χ1n) is 3.44. The minimum absolute atomic E-state index is 0.191. The average Bonchev–Trinajstić information content (AvgIpc) is 2.32. The van der Waals surface area contributed by atoms with Gasteiger partial charge in [0.15, 0.2) is 5.70 Å². The van der Waals surface area contributed by atoms with E-state index in [2.05, 4.69) is 11.0 Å². The molecule has 4 nitrogen and oxygen atoms in total. The quantitative estimate of drug-likeness (QED) is 0.612. The van der Waals surface area contributed by atoms with E-state index in [0.29, 0.717) is 6.61 Å². The van der Waals surface area contributed by atoms with Gasteiger partial charge in [-0.2, -0.15) is 0 Å². The second kappa shape index (κ2) is 3.52. The summed E-state index contributed by atoms with van der Waals surface area (Å²) in [4.78, 5) is 0. The first-order valence-corrected chi connectivity index (χ1v) is 3.82. The summed E-state index contributed by atoms with van der Waals surface area (Å²) in [5, 5.41) is 16.4. The van der Waals surface area contributed by atoms with Gasteiger partial charge in [-0.05, 0) is 6.92 Å². The van der Waals surface area contributed by atoms with E-state index >= 15 is 0 Å². The van der Waals surface area contributed by atoms with Crippen molar-refractivity contribution in [1.82, 2.24) is 5.01 Å². The molecule has 0 unspecified atom stereocenters. The first kappa shape index (κ1) is 8.97. The number of nitrogens with zero attached hydrogens (tertiary/aromatic N) is 2. The smallest absolute Gasteiger partial charge is 0.358 e. The van der Waals surface area contributed by atoms with Gasteiger partial charge in [-0.25, -0.2) is 5.11 Å².